The highest BCUT2D eigenvalue weighted by Gasteiger charge is 2.20. The van der Waals surface area contributed by atoms with Crippen LogP contribution >= 0.6 is 0 Å². The first-order valence-electron chi connectivity index (χ1n) is 8.16. The minimum Gasteiger partial charge on any atom is -0.482 e. The molecule has 0 spiro atoms. The van der Waals surface area contributed by atoms with Gasteiger partial charge in [-0.15, -0.1) is 0 Å². The molecule has 3 rings (SSSR count). The number of aliphatic imine (C=N–C) groups is 1. The number of ether oxygens (including phenoxy) is 1. The Morgan fingerprint density at radius 2 is 2.37 bits per heavy atom. The normalized spacial score (nSPS) is 16.3. The van der Waals surface area contributed by atoms with Crippen LogP contribution in [0, 0.1) is 0 Å². The SMILES string of the molecule is C=C1N=C(C(=O)NCc2ccc3c(c2)NC(=O)CO3)C=C(C)N1/N=C\CF. The van der Waals surface area contributed by atoms with Gasteiger partial charge in [-0.3, -0.25) is 9.59 Å². The summed E-state index contributed by atoms with van der Waals surface area (Å²) in [6.07, 6.45) is 2.63. The van der Waals surface area contributed by atoms with Gasteiger partial charge in [-0.1, -0.05) is 12.6 Å². The van der Waals surface area contributed by atoms with E-state index in [1.165, 1.54) is 5.01 Å². The molecule has 9 heteroatoms. The molecule has 27 heavy (non-hydrogen) atoms. The first-order chi connectivity index (χ1) is 13.0. The largest absolute Gasteiger partial charge is 0.482 e. The number of nitrogens with one attached hydrogen (secondary N) is 2. The van der Waals surface area contributed by atoms with Gasteiger partial charge in [-0.25, -0.2) is 14.4 Å². The number of anilines is 1. The number of halogens is 1. The molecular weight excluding hydrogens is 353 g/mol. The monoisotopic (exact) mass is 371 g/mol. The third-order valence-corrected chi connectivity index (χ3v) is 3.80. The topological polar surface area (TPSA) is 95.4 Å². The van der Waals surface area contributed by atoms with Crippen molar-refractivity contribution in [2.45, 2.75) is 13.5 Å². The lowest BCUT2D eigenvalue weighted by atomic mass is 10.1. The molecule has 8 nitrogen and oxygen atoms in total. The van der Waals surface area contributed by atoms with E-state index in [0.29, 0.717) is 17.1 Å². The minimum atomic E-state index is -0.708. The molecule has 0 radical (unpaired) electrons. The first kappa shape index (κ1) is 18.3. The van der Waals surface area contributed by atoms with Crippen LogP contribution in [0.25, 0.3) is 0 Å². The molecule has 0 aromatic heterocycles. The van der Waals surface area contributed by atoms with Crippen molar-refractivity contribution in [3.63, 3.8) is 0 Å². The molecule has 0 bridgehead atoms. The second-order valence-electron chi connectivity index (χ2n) is 5.81. The molecule has 1 aromatic rings. The molecule has 0 saturated heterocycles. The van der Waals surface area contributed by atoms with Gasteiger partial charge in [0.05, 0.1) is 11.9 Å². The highest BCUT2D eigenvalue weighted by atomic mass is 19.1. The van der Waals surface area contributed by atoms with Crippen LogP contribution in [0.4, 0.5) is 10.1 Å². The molecule has 0 unspecified atom stereocenters. The lowest BCUT2D eigenvalue weighted by Crippen LogP contribution is -2.33. The lowest BCUT2D eigenvalue weighted by Gasteiger charge is -2.23. The maximum absolute atomic E-state index is 12.4. The van der Waals surface area contributed by atoms with E-state index in [1.807, 2.05) is 0 Å². The van der Waals surface area contributed by atoms with Gasteiger partial charge in [0.2, 0.25) is 0 Å². The van der Waals surface area contributed by atoms with Crippen LogP contribution in [0.15, 0.2) is 52.5 Å². The summed E-state index contributed by atoms with van der Waals surface area (Å²) in [6.45, 7) is 4.97. The number of hydrazone groups is 1. The molecule has 2 amide bonds. The van der Waals surface area contributed by atoms with Gasteiger partial charge in [0, 0.05) is 12.2 Å². The average molecular weight is 371 g/mol. The number of nitrogens with zero attached hydrogens (tertiary/aromatic N) is 3. The maximum Gasteiger partial charge on any atom is 0.270 e. The zero-order valence-electron chi connectivity index (χ0n) is 14.7. The lowest BCUT2D eigenvalue weighted by molar-refractivity contribution is -0.118. The third kappa shape index (κ3) is 4.20. The van der Waals surface area contributed by atoms with Crippen molar-refractivity contribution in [3.05, 3.63) is 47.9 Å². The number of allylic oxidation sites excluding steroid dienone is 1. The molecular formula is C18H18FN5O3. The number of carbonyl (C=O) groups excluding carboxylic acids is 2. The Hall–Kier alpha value is -3.49. The predicted molar refractivity (Wildman–Crippen MR) is 99.1 cm³/mol. The average Bonchev–Trinajstić information content (AvgIpc) is 2.65. The summed E-state index contributed by atoms with van der Waals surface area (Å²) in [6, 6.07) is 5.27. The van der Waals surface area contributed by atoms with E-state index >= 15 is 0 Å². The number of fused-ring (bicyclic) bond motifs is 1. The number of alkyl halides is 1. The first-order valence-corrected chi connectivity index (χ1v) is 8.16. The second kappa shape index (κ2) is 7.81. The second-order valence-corrected chi connectivity index (χ2v) is 5.81. The number of hydrogen-bond acceptors (Lipinski definition) is 6. The molecule has 2 aliphatic rings. The summed E-state index contributed by atoms with van der Waals surface area (Å²) in [7, 11) is 0. The van der Waals surface area contributed by atoms with Crippen LogP contribution in [0.5, 0.6) is 5.75 Å². The number of benzene rings is 1. The molecule has 0 fully saturated rings. The number of carbonyl (C=O) groups is 2. The Bertz CT molecular complexity index is 891. The highest BCUT2D eigenvalue weighted by Crippen LogP contribution is 2.28. The van der Waals surface area contributed by atoms with Crippen LogP contribution in [0.2, 0.25) is 0 Å². The van der Waals surface area contributed by atoms with E-state index in [-0.39, 0.29) is 36.5 Å². The summed E-state index contributed by atoms with van der Waals surface area (Å²) in [5.41, 5.74) is 2.13. The van der Waals surface area contributed by atoms with Crippen LogP contribution in [0.3, 0.4) is 0 Å². The molecule has 2 heterocycles. The van der Waals surface area contributed by atoms with Crippen LogP contribution in [0.1, 0.15) is 12.5 Å². The fourth-order valence-corrected chi connectivity index (χ4v) is 2.58. The van der Waals surface area contributed by atoms with Crippen molar-refractivity contribution in [3.8, 4) is 5.75 Å². The van der Waals surface area contributed by atoms with Gasteiger partial charge in [0.15, 0.2) is 6.61 Å². The van der Waals surface area contributed by atoms with E-state index in [1.54, 1.807) is 31.2 Å². The van der Waals surface area contributed by atoms with Gasteiger partial charge < -0.3 is 15.4 Å². The van der Waals surface area contributed by atoms with Crippen LogP contribution in [-0.2, 0) is 16.1 Å². The minimum absolute atomic E-state index is 0.00906. The molecule has 0 saturated carbocycles. The Morgan fingerprint density at radius 1 is 1.56 bits per heavy atom. The molecule has 140 valence electrons. The number of hydrogen-bond donors (Lipinski definition) is 2. The van der Waals surface area contributed by atoms with Crippen molar-refractivity contribution in [2.75, 3.05) is 18.6 Å². The molecule has 1 aromatic carbocycles. The van der Waals surface area contributed by atoms with Gasteiger partial charge >= 0.3 is 0 Å². The van der Waals surface area contributed by atoms with Crippen LogP contribution < -0.4 is 15.4 Å². The molecule has 2 N–H and O–H groups in total. The van der Waals surface area contributed by atoms with Crippen LogP contribution in [-0.4, -0.2) is 42.0 Å². The van der Waals surface area contributed by atoms with Gasteiger partial charge in [-0.05, 0) is 30.7 Å². The van der Waals surface area contributed by atoms with E-state index in [2.05, 4.69) is 27.3 Å². The van der Waals surface area contributed by atoms with Gasteiger partial charge in [0.1, 0.15) is 24.0 Å². The number of amides is 2. The quantitative estimate of drug-likeness (QED) is 0.771. The van der Waals surface area contributed by atoms with Gasteiger partial charge in [-0.2, -0.15) is 5.10 Å². The fourth-order valence-electron chi connectivity index (χ4n) is 2.58. The van der Waals surface area contributed by atoms with Crippen molar-refractivity contribution in [1.82, 2.24) is 10.3 Å². The van der Waals surface area contributed by atoms with Crippen molar-refractivity contribution in [1.29, 1.82) is 0 Å². The zero-order valence-corrected chi connectivity index (χ0v) is 14.7. The van der Waals surface area contributed by atoms with E-state index in [0.717, 1.165) is 11.8 Å². The molecule has 0 aliphatic carbocycles. The Balaban J connectivity index is 1.65. The Labute approximate surface area is 155 Å². The van der Waals surface area contributed by atoms with Gasteiger partial charge in [0.25, 0.3) is 11.8 Å². The summed E-state index contributed by atoms with van der Waals surface area (Å²) in [5.74, 6) is 0.200. The predicted octanol–water partition coefficient (Wildman–Crippen LogP) is 1.72. The zero-order chi connectivity index (χ0) is 19.4. The summed E-state index contributed by atoms with van der Waals surface area (Å²) < 4.78 is 17.5. The standard InChI is InChI=1S/C18H18FN5O3/c1-11-7-15(22-12(2)24(11)21-6-5-19)18(26)20-9-13-3-4-16-14(8-13)23-17(25)10-27-16/h3-4,6-8H,2,5,9-10H2,1H3,(H,20,26)(H,23,25)/b21-6-. The fraction of sp³-hybridized carbons (Fsp3) is 0.222. The van der Waals surface area contributed by atoms with E-state index < -0.39 is 6.67 Å². The van der Waals surface area contributed by atoms with Crippen molar-refractivity contribution >= 4 is 29.4 Å². The summed E-state index contributed by atoms with van der Waals surface area (Å²) in [4.78, 5) is 27.9. The van der Waals surface area contributed by atoms with E-state index in [4.69, 9.17) is 4.74 Å². The summed E-state index contributed by atoms with van der Waals surface area (Å²) >= 11 is 0. The molecule has 0 atom stereocenters. The van der Waals surface area contributed by atoms with Crippen molar-refractivity contribution < 1.29 is 18.7 Å². The third-order valence-electron chi connectivity index (χ3n) is 3.80. The maximum atomic E-state index is 12.4. The number of rotatable bonds is 5. The Kier molecular flexibility index (Phi) is 5.30. The summed E-state index contributed by atoms with van der Waals surface area (Å²) in [5, 5.41) is 10.7. The van der Waals surface area contributed by atoms with E-state index in [9.17, 15) is 14.0 Å². The Morgan fingerprint density at radius 3 is 3.11 bits per heavy atom. The smallest absolute Gasteiger partial charge is 0.270 e. The van der Waals surface area contributed by atoms with Crippen molar-refractivity contribution in [2.24, 2.45) is 10.1 Å². The highest BCUT2D eigenvalue weighted by molar-refractivity contribution is 6.43. The molecule has 2 aliphatic heterocycles.